The maximum absolute atomic E-state index is 12.1. The van der Waals surface area contributed by atoms with Crippen LogP contribution in [0.5, 0.6) is 0 Å². The number of thiophene rings is 1. The van der Waals surface area contributed by atoms with Gasteiger partial charge in [0.2, 0.25) is 5.91 Å². The minimum absolute atomic E-state index is 0.183. The van der Waals surface area contributed by atoms with Crippen LogP contribution in [0.2, 0.25) is 5.15 Å². The molecule has 0 spiro atoms. The highest BCUT2D eigenvalue weighted by molar-refractivity contribution is 7.18. The molecule has 110 valence electrons. The van der Waals surface area contributed by atoms with Gasteiger partial charge in [-0.2, -0.15) is 0 Å². The molecule has 2 N–H and O–H groups in total. The minimum Gasteiger partial charge on any atom is -0.465 e. The summed E-state index contributed by atoms with van der Waals surface area (Å²) in [6.45, 7) is 0.997. The molecule has 1 atom stereocenters. The van der Waals surface area contributed by atoms with E-state index in [4.69, 9.17) is 16.7 Å². The molecule has 1 saturated heterocycles. The number of aromatic nitrogens is 1. The van der Waals surface area contributed by atoms with E-state index in [1.165, 1.54) is 11.3 Å². The molecule has 8 heteroatoms. The highest BCUT2D eigenvalue weighted by atomic mass is 35.5. The molecule has 0 saturated carbocycles. The van der Waals surface area contributed by atoms with Crippen LogP contribution in [0.25, 0.3) is 10.1 Å². The molecule has 1 aliphatic rings. The monoisotopic (exact) mass is 325 g/mol. The van der Waals surface area contributed by atoms with E-state index in [1.54, 1.807) is 11.1 Å². The van der Waals surface area contributed by atoms with Crippen LogP contribution in [-0.2, 0) is 11.3 Å². The lowest BCUT2D eigenvalue weighted by atomic mass is 10.2. The van der Waals surface area contributed by atoms with E-state index in [1.807, 2.05) is 11.4 Å². The number of amides is 2. The van der Waals surface area contributed by atoms with Gasteiger partial charge in [-0.05, 0) is 23.4 Å². The summed E-state index contributed by atoms with van der Waals surface area (Å²) in [7, 11) is 0. The molecule has 2 amide bonds. The predicted molar refractivity (Wildman–Crippen MR) is 79.6 cm³/mol. The zero-order valence-corrected chi connectivity index (χ0v) is 12.4. The number of carbonyl (C=O) groups is 2. The topological polar surface area (TPSA) is 82.5 Å². The molecule has 0 aliphatic carbocycles. The molecular weight excluding hydrogens is 314 g/mol. The first-order valence-electron chi connectivity index (χ1n) is 6.35. The van der Waals surface area contributed by atoms with Crippen LogP contribution < -0.4 is 5.32 Å². The zero-order valence-electron chi connectivity index (χ0n) is 10.9. The number of halogens is 1. The second-order valence-corrected chi connectivity index (χ2v) is 6.03. The number of fused-ring (bicyclic) bond motifs is 1. The first-order valence-corrected chi connectivity index (χ1v) is 7.61. The van der Waals surface area contributed by atoms with Crippen molar-refractivity contribution in [3.05, 3.63) is 28.4 Å². The lowest BCUT2D eigenvalue weighted by molar-refractivity contribution is -0.129. The van der Waals surface area contributed by atoms with E-state index in [-0.39, 0.29) is 5.91 Å². The van der Waals surface area contributed by atoms with Crippen molar-refractivity contribution in [2.45, 2.75) is 19.0 Å². The van der Waals surface area contributed by atoms with Crippen LogP contribution in [0.15, 0.2) is 17.6 Å². The Balaban J connectivity index is 1.79. The summed E-state index contributed by atoms with van der Waals surface area (Å²) in [6.07, 6.45) is 0.964. The summed E-state index contributed by atoms with van der Waals surface area (Å²) >= 11 is 7.53. The van der Waals surface area contributed by atoms with Gasteiger partial charge in [0.1, 0.15) is 11.2 Å². The molecular formula is C13H12ClN3O3S. The molecule has 1 aliphatic heterocycles. The smallest absolute Gasteiger partial charge is 0.405 e. The van der Waals surface area contributed by atoms with Gasteiger partial charge in [-0.3, -0.25) is 4.79 Å². The fourth-order valence-corrected chi connectivity index (χ4v) is 3.72. The molecule has 2 aromatic rings. The molecule has 6 nitrogen and oxygen atoms in total. The van der Waals surface area contributed by atoms with E-state index in [2.05, 4.69) is 10.3 Å². The second kappa shape index (κ2) is 5.50. The number of pyridine rings is 1. The Kier molecular flexibility index (Phi) is 3.69. The van der Waals surface area contributed by atoms with Gasteiger partial charge in [0, 0.05) is 24.7 Å². The lowest BCUT2D eigenvalue weighted by Gasteiger charge is -2.16. The normalized spacial score (nSPS) is 18.4. The molecule has 3 rings (SSSR count). The van der Waals surface area contributed by atoms with Crippen molar-refractivity contribution in [1.29, 1.82) is 0 Å². The quantitative estimate of drug-likeness (QED) is 0.848. The summed E-state index contributed by atoms with van der Waals surface area (Å²) in [5.41, 5.74) is 1.00. The molecule has 2 aromatic heterocycles. The summed E-state index contributed by atoms with van der Waals surface area (Å²) in [5, 5.41) is 14.4. The number of rotatable bonds is 3. The van der Waals surface area contributed by atoms with Crippen LogP contribution in [0.3, 0.4) is 0 Å². The van der Waals surface area contributed by atoms with Crippen LogP contribution in [0.4, 0.5) is 4.79 Å². The maximum atomic E-state index is 12.1. The van der Waals surface area contributed by atoms with Crippen molar-refractivity contribution in [2.75, 3.05) is 6.54 Å². The maximum Gasteiger partial charge on any atom is 0.405 e. The first-order chi connectivity index (χ1) is 10.1. The van der Waals surface area contributed by atoms with Crippen LogP contribution in [-0.4, -0.2) is 39.6 Å². The molecule has 3 heterocycles. The summed E-state index contributed by atoms with van der Waals surface area (Å²) < 4.78 is 0.904. The van der Waals surface area contributed by atoms with Gasteiger partial charge < -0.3 is 15.3 Å². The lowest BCUT2D eigenvalue weighted by Crippen LogP contribution is -2.40. The molecule has 1 unspecified atom stereocenters. The number of hydrogen-bond donors (Lipinski definition) is 2. The third-order valence-electron chi connectivity index (χ3n) is 3.48. The predicted octanol–water partition coefficient (Wildman–Crippen LogP) is 2.32. The van der Waals surface area contributed by atoms with Gasteiger partial charge in [-0.25, -0.2) is 9.78 Å². The van der Waals surface area contributed by atoms with E-state index >= 15 is 0 Å². The van der Waals surface area contributed by atoms with E-state index < -0.39 is 12.1 Å². The average molecular weight is 326 g/mol. The van der Waals surface area contributed by atoms with E-state index in [0.717, 1.165) is 15.6 Å². The van der Waals surface area contributed by atoms with Crippen molar-refractivity contribution >= 4 is 45.0 Å². The summed E-state index contributed by atoms with van der Waals surface area (Å²) in [6, 6.07) is 1.23. The standard InChI is InChI=1S/C13H12ClN3O3S/c14-11-10-8(1-3-15-11)7(6-21-10)5-17-4-2-9(12(17)18)16-13(19)20/h1,3,6,9,16H,2,4-5H2,(H,19,20). The number of nitrogens with one attached hydrogen (secondary N) is 1. The number of carboxylic acid groups (broad SMARTS) is 1. The first kappa shape index (κ1) is 14.1. The van der Waals surface area contributed by atoms with Gasteiger partial charge in [-0.15, -0.1) is 11.3 Å². The average Bonchev–Trinajstić information content (AvgIpc) is 2.98. The number of likely N-dealkylation sites (tertiary alicyclic amines) is 1. The number of hydrogen-bond acceptors (Lipinski definition) is 4. The van der Waals surface area contributed by atoms with Gasteiger partial charge >= 0.3 is 6.09 Å². The molecule has 21 heavy (non-hydrogen) atoms. The van der Waals surface area contributed by atoms with Gasteiger partial charge in [-0.1, -0.05) is 11.6 Å². The van der Waals surface area contributed by atoms with Gasteiger partial charge in [0.05, 0.1) is 4.70 Å². The summed E-state index contributed by atoms with van der Waals surface area (Å²) in [5.74, 6) is -0.183. The molecule has 1 fully saturated rings. The van der Waals surface area contributed by atoms with Crippen molar-refractivity contribution in [3.63, 3.8) is 0 Å². The fourth-order valence-electron chi connectivity index (χ4n) is 2.49. The van der Waals surface area contributed by atoms with Crippen molar-refractivity contribution < 1.29 is 14.7 Å². The van der Waals surface area contributed by atoms with Crippen molar-refractivity contribution in [2.24, 2.45) is 0 Å². The number of nitrogens with zero attached hydrogens (tertiary/aromatic N) is 2. The largest absolute Gasteiger partial charge is 0.465 e. The third kappa shape index (κ3) is 2.66. The Labute approximate surface area is 129 Å². The fraction of sp³-hybridized carbons (Fsp3) is 0.308. The molecule has 0 radical (unpaired) electrons. The van der Waals surface area contributed by atoms with Crippen LogP contribution in [0, 0.1) is 0 Å². The zero-order chi connectivity index (χ0) is 15.0. The Hall–Kier alpha value is -1.86. The highest BCUT2D eigenvalue weighted by Crippen LogP contribution is 2.31. The molecule has 0 bridgehead atoms. The van der Waals surface area contributed by atoms with Gasteiger partial charge in [0.15, 0.2) is 0 Å². The Morgan fingerprint density at radius 1 is 1.62 bits per heavy atom. The van der Waals surface area contributed by atoms with Gasteiger partial charge in [0.25, 0.3) is 0 Å². The SMILES string of the molecule is O=C(O)NC1CCN(Cc2csc3c(Cl)nccc23)C1=O. The Morgan fingerprint density at radius 2 is 2.43 bits per heavy atom. The van der Waals surface area contributed by atoms with E-state index in [9.17, 15) is 9.59 Å². The number of carbonyl (C=O) groups excluding carboxylic acids is 1. The Bertz CT molecular complexity index is 718. The third-order valence-corrected chi connectivity index (χ3v) is 4.93. The minimum atomic E-state index is -1.17. The van der Waals surface area contributed by atoms with E-state index in [0.29, 0.717) is 24.7 Å². The Morgan fingerprint density at radius 3 is 3.19 bits per heavy atom. The van der Waals surface area contributed by atoms with Crippen LogP contribution >= 0.6 is 22.9 Å². The highest BCUT2D eigenvalue weighted by Gasteiger charge is 2.32. The molecule has 0 aromatic carbocycles. The van der Waals surface area contributed by atoms with Crippen molar-refractivity contribution in [1.82, 2.24) is 15.2 Å². The van der Waals surface area contributed by atoms with Crippen molar-refractivity contribution in [3.8, 4) is 0 Å². The van der Waals surface area contributed by atoms with Crippen LogP contribution in [0.1, 0.15) is 12.0 Å². The second-order valence-electron chi connectivity index (χ2n) is 4.79. The summed E-state index contributed by atoms with van der Waals surface area (Å²) in [4.78, 5) is 28.5.